The summed E-state index contributed by atoms with van der Waals surface area (Å²) in [4.78, 5) is 46.9. The van der Waals surface area contributed by atoms with E-state index in [2.05, 4.69) is 36.2 Å². The van der Waals surface area contributed by atoms with E-state index in [1.807, 2.05) is 26.8 Å². The van der Waals surface area contributed by atoms with Crippen LogP contribution in [0.1, 0.15) is 47.6 Å². The zero-order valence-electron chi connectivity index (χ0n) is 21.2. The second-order valence-electron chi connectivity index (χ2n) is 9.54. The molecule has 0 radical (unpaired) electrons. The molecule has 0 saturated heterocycles. The van der Waals surface area contributed by atoms with Crippen LogP contribution in [0.3, 0.4) is 0 Å². The molecule has 4 rings (SSSR count). The van der Waals surface area contributed by atoms with Gasteiger partial charge in [0, 0.05) is 18.3 Å². The van der Waals surface area contributed by atoms with Crippen LogP contribution in [0.4, 0.5) is 0 Å². The molecule has 0 saturated carbocycles. The maximum atomic E-state index is 13.5. The quantitative estimate of drug-likeness (QED) is 0.408. The predicted octanol–water partition coefficient (Wildman–Crippen LogP) is 0.890. The Balaban J connectivity index is 1.67. The van der Waals surface area contributed by atoms with Gasteiger partial charge in [0.1, 0.15) is 30.1 Å². The summed E-state index contributed by atoms with van der Waals surface area (Å²) >= 11 is 0. The van der Waals surface area contributed by atoms with E-state index < -0.39 is 23.9 Å². The lowest BCUT2D eigenvalue weighted by molar-refractivity contribution is -0.130. The van der Waals surface area contributed by atoms with E-state index in [1.54, 1.807) is 29.2 Å². The van der Waals surface area contributed by atoms with E-state index in [1.165, 1.54) is 6.33 Å². The summed E-state index contributed by atoms with van der Waals surface area (Å²) in [5.41, 5.74) is 2.42. The fourth-order valence-corrected chi connectivity index (χ4v) is 4.06. The molecule has 37 heavy (non-hydrogen) atoms. The van der Waals surface area contributed by atoms with Crippen molar-refractivity contribution < 1.29 is 19.1 Å². The minimum absolute atomic E-state index is 0.138. The van der Waals surface area contributed by atoms with E-state index in [0.29, 0.717) is 35.7 Å². The zero-order chi connectivity index (χ0) is 26.4. The van der Waals surface area contributed by atoms with Crippen molar-refractivity contribution >= 4 is 17.7 Å². The van der Waals surface area contributed by atoms with Crippen molar-refractivity contribution in [3.8, 4) is 5.75 Å². The predicted molar refractivity (Wildman–Crippen MR) is 133 cm³/mol. The molecule has 0 unspecified atom stereocenters. The summed E-state index contributed by atoms with van der Waals surface area (Å²) in [6.45, 7) is 6.62. The van der Waals surface area contributed by atoms with Gasteiger partial charge in [0.05, 0.1) is 31.2 Å². The first-order chi connectivity index (χ1) is 17.8. The molecule has 0 spiro atoms. The number of H-pyrrole nitrogens is 1. The largest absolute Gasteiger partial charge is 0.491 e. The van der Waals surface area contributed by atoms with Gasteiger partial charge in [-0.25, -0.2) is 9.67 Å². The molecule has 2 aromatic heterocycles. The van der Waals surface area contributed by atoms with Gasteiger partial charge in [0.2, 0.25) is 11.8 Å². The lowest BCUT2D eigenvalue weighted by atomic mass is 10.0. The molecule has 3 aromatic rings. The number of hydrogen-bond acceptors (Lipinski definition) is 7. The van der Waals surface area contributed by atoms with Crippen LogP contribution in [0, 0.1) is 12.8 Å². The van der Waals surface area contributed by atoms with Crippen molar-refractivity contribution in [3.63, 3.8) is 0 Å². The highest BCUT2D eigenvalue weighted by molar-refractivity contribution is 6.00. The Labute approximate surface area is 214 Å². The van der Waals surface area contributed by atoms with Crippen molar-refractivity contribution in [2.75, 3.05) is 6.61 Å². The van der Waals surface area contributed by atoms with Crippen LogP contribution in [0.25, 0.3) is 0 Å². The Hall–Kier alpha value is -4.22. The third-order valence-corrected chi connectivity index (χ3v) is 5.93. The standard InChI is InChI=1S/C25H32N8O4/c1-15(2)8-20-24(35)27-12-18-13-33(32-31-18)6-7-37-22-5-4-16(3)9-19(22)23(34)29-21(25(36)30-20)10-17-11-26-14-28-17/h4-5,9,11,13-15,20-21H,6-8,10,12H2,1-3H3,(H,26,28)(H,27,35)(H,29,34)(H,30,36)/t20-,21+/m1/s1. The number of carbonyl (C=O) groups is 3. The first kappa shape index (κ1) is 25.9. The Morgan fingerprint density at radius 1 is 1.14 bits per heavy atom. The fraction of sp³-hybridized carbons (Fsp3) is 0.440. The fourth-order valence-electron chi connectivity index (χ4n) is 4.06. The number of ether oxygens (including phenoxy) is 1. The Kier molecular flexibility index (Phi) is 8.16. The first-order valence-corrected chi connectivity index (χ1v) is 12.3. The van der Waals surface area contributed by atoms with Crippen LogP contribution in [-0.2, 0) is 29.1 Å². The van der Waals surface area contributed by atoms with Gasteiger partial charge < -0.3 is 25.7 Å². The minimum atomic E-state index is -0.960. The van der Waals surface area contributed by atoms with Crippen molar-refractivity contribution in [2.45, 2.75) is 58.8 Å². The highest BCUT2D eigenvalue weighted by Crippen LogP contribution is 2.21. The number of carbonyl (C=O) groups excluding carboxylic acids is 3. The summed E-state index contributed by atoms with van der Waals surface area (Å²) in [7, 11) is 0. The van der Waals surface area contributed by atoms with E-state index in [4.69, 9.17) is 4.74 Å². The lowest BCUT2D eigenvalue weighted by Gasteiger charge is -2.24. The summed E-state index contributed by atoms with van der Waals surface area (Å²) in [6.07, 6.45) is 5.41. The summed E-state index contributed by atoms with van der Waals surface area (Å²) in [6, 6.07) is 3.55. The number of rotatable bonds is 4. The molecule has 3 amide bonds. The van der Waals surface area contributed by atoms with Gasteiger partial charge in [0.25, 0.3) is 5.91 Å². The molecule has 1 aliphatic rings. The van der Waals surface area contributed by atoms with Gasteiger partial charge in [-0.05, 0) is 31.4 Å². The Bertz CT molecular complexity index is 1240. The van der Waals surface area contributed by atoms with Gasteiger partial charge >= 0.3 is 0 Å². The number of benzene rings is 1. The summed E-state index contributed by atoms with van der Waals surface area (Å²) in [5.74, 6) is -0.747. The molecule has 4 N–H and O–H groups in total. The number of aromatic amines is 1. The number of aryl methyl sites for hydroxylation is 1. The van der Waals surface area contributed by atoms with Gasteiger partial charge in [-0.3, -0.25) is 14.4 Å². The number of nitrogens with zero attached hydrogens (tertiary/aromatic N) is 4. The first-order valence-electron chi connectivity index (χ1n) is 12.3. The maximum absolute atomic E-state index is 13.5. The molecule has 1 aromatic carbocycles. The molecule has 0 fully saturated rings. The number of amides is 3. The van der Waals surface area contributed by atoms with E-state index >= 15 is 0 Å². The highest BCUT2D eigenvalue weighted by Gasteiger charge is 2.29. The van der Waals surface area contributed by atoms with Crippen molar-refractivity contribution in [3.05, 3.63) is 59.4 Å². The molecule has 3 heterocycles. The molecule has 1 aliphatic heterocycles. The summed E-state index contributed by atoms with van der Waals surface area (Å²) in [5, 5.41) is 16.7. The molecule has 12 heteroatoms. The van der Waals surface area contributed by atoms with Gasteiger partial charge in [-0.1, -0.05) is 30.7 Å². The monoisotopic (exact) mass is 508 g/mol. The van der Waals surface area contributed by atoms with Crippen molar-refractivity contribution in [1.82, 2.24) is 40.9 Å². The normalized spacial score (nSPS) is 19.3. The van der Waals surface area contributed by atoms with Gasteiger partial charge in [-0.15, -0.1) is 5.10 Å². The number of imidazole rings is 1. The third kappa shape index (κ3) is 6.93. The second-order valence-corrected chi connectivity index (χ2v) is 9.54. The van der Waals surface area contributed by atoms with Gasteiger partial charge in [-0.2, -0.15) is 0 Å². The van der Waals surface area contributed by atoms with Crippen LogP contribution < -0.4 is 20.7 Å². The maximum Gasteiger partial charge on any atom is 0.255 e. The second kappa shape index (κ2) is 11.7. The molecular weight excluding hydrogens is 476 g/mol. The highest BCUT2D eigenvalue weighted by atomic mass is 16.5. The van der Waals surface area contributed by atoms with E-state index in [9.17, 15) is 14.4 Å². The van der Waals surface area contributed by atoms with E-state index in [-0.39, 0.29) is 31.4 Å². The number of hydrogen-bond donors (Lipinski definition) is 4. The summed E-state index contributed by atoms with van der Waals surface area (Å²) < 4.78 is 7.53. The molecule has 196 valence electrons. The topological polar surface area (TPSA) is 156 Å². The van der Waals surface area contributed by atoms with E-state index in [0.717, 1.165) is 5.56 Å². The number of nitrogens with one attached hydrogen (secondary N) is 4. The van der Waals surface area contributed by atoms with Crippen molar-refractivity contribution in [2.24, 2.45) is 5.92 Å². The average molecular weight is 509 g/mol. The number of fused-ring (bicyclic) bond motifs is 3. The Morgan fingerprint density at radius 2 is 1.97 bits per heavy atom. The SMILES string of the molecule is Cc1ccc2c(c1)C(=O)N[C@@H](Cc1cnc[nH]1)C(=O)N[C@H](CC(C)C)C(=O)NCc1cn(nn1)CCO2. The molecule has 0 aliphatic carbocycles. The van der Waals surface area contributed by atoms with Crippen LogP contribution >= 0.6 is 0 Å². The van der Waals surface area contributed by atoms with Gasteiger partial charge in [0.15, 0.2) is 0 Å². The van der Waals surface area contributed by atoms with Crippen molar-refractivity contribution in [1.29, 1.82) is 0 Å². The smallest absolute Gasteiger partial charge is 0.255 e. The third-order valence-electron chi connectivity index (χ3n) is 5.93. The molecular formula is C25H32N8O4. The molecule has 2 atom stereocenters. The van der Waals surface area contributed by atoms with Crippen LogP contribution in [0.5, 0.6) is 5.75 Å². The Morgan fingerprint density at radius 3 is 2.73 bits per heavy atom. The minimum Gasteiger partial charge on any atom is -0.491 e. The average Bonchev–Trinajstić information content (AvgIpc) is 3.54. The van der Waals surface area contributed by atoms with Crippen LogP contribution in [0.15, 0.2) is 36.9 Å². The molecule has 12 nitrogen and oxygen atoms in total. The zero-order valence-corrected chi connectivity index (χ0v) is 21.2. The van der Waals surface area contributed by atoms with Crippen LogP contribution in [0.2, 0.25) is 0 Å². The molecule has 2 bridgehead atoms. The number of aromatic nitrogens is 5. The van der Waals surface area contributed by atoms with Crippen LogP contribution in [-0.4, -0.2) is 61.4 Å². The lowest BCUT2D eigenvalue weighted by Crippen LogP contribution is -2.54.